The van der Waals surface area contributed by atoms with Gasteiger partial charge < -0.3 is 0 Å². The number of anilines is 1. The first-order valence-electron chi connectivity index (χ1n) is 7.42. The van der Waals surface area contributed by atoms with Gasteiger partial charge in [-0.2, -0.15) is 9.47 Å². The average molecular weight is 342 g/mol. The van der Waals surface area contributed by atoms with Gasteiger partial charge in [-0.3, -0.25) is 19.8 Å². The number of rotatable bonds is 3. The Morgan fingerprint density at radius 1 is 1.21 bits per heavy atom. The topological polar surface area (TPSA) is 85.6 Å². The van der Waals surface area contributed by atoms with E-state index in [4.69, 9.17) is 0 Å². The summed E-state index contributed by atoms with van der Waals surface area (Å²) in [6.45, 7) is 6.09. The van der Waals surface area contributed by atoms with Crippen molar-refractivity contribution in [1.29, 1.82) is 0 Å². The van der Waals surface area contributed by atoms with E-state index in [2.05, 4.69) is 24.8 Å². The fourth-order valence-electron chi connectivity index (χ4n) is 2.04. The van der Waals surface area contributed by atoms with Crippen LogP contribution in [0.2, 0.25) is 0 Å². The Bertz CT molecular complexity index is 877. The lowest BCUT2D eigenvalue weighted by molar-refractivity contribution is 0.102. The molecule has 0 spiro atoms. The van der Waals surface area contributed by atoms with Crippen LogP contribution in [0, 0.1) is 0 Å². The summed E-state index contributed by atoms with van der Waals surface area (Å²) in [5, 5.41) is 7.40. The molecule has 8 heteroatoms. The average Bonchev–Trinajstić information content (AvgIpc) is 3.16. The van der Waals surface area contributed by atoms with E-state index in [1.807, 2.05) is 34.0 Å². The standard InChI is InChI=1S/C16H18N6OS/c1-16(2,3)14-20-15(24-21-14)19-13(23)11-5-10(6-17-7-11)12-8-18-22(4)9-12/h5-9H,1-4H3,(H,19,20,21,23). The molecule has 0 aliphatic carbocycles. The minimum absolute atomic E-state index is 0.152. The highest BCUT2D eigenvalue weighted by Gasteiger charge is 2.20. The summed E-state index contributed by atoms with van der Waals surface area (Å²) >= 11 is 1.18. The highest BCUT2D eigenvalue weighted by Crippen LogP contribution is 2.24. The SMILES string of the molecule is Cn1cc(-c2cncc(C(=O)Nc3nc(C(C)(C)C)ns3)c2)cn1. The Morgan fingerprint density at radius 3 is 2.62 bits per heavy atom. The molecule has 0 saturated carbocycles. The summed E-state index contributed by atoms with van der Waals surface area (Å²) in [6, 6.07) is 1.78. The van der Waals surface area contributed by atoms with Crippen LogP contribution < -0.4 is 5.32 Å². The van der Waals surface area contributed by atoms with Crippen LogP contribution in [0.5, 0.6) is 0 Å². The molecule has 0 aromatic carbocycles. The van der Waals surface area contributed by atoms with Crippen molar-refractivity contribution >= 4 is 22.6 Å². The first-order chi connectivity index (χ1) is 11.3. The molecule has 24 heavy (non-hydrogen) atoms. The van der Waals surface area contributed by atoms with Gasteiger partial charge in [0.25, 0.3) is 5.91 Å². The van der Waals surface area contributed by atoms with Gasteiger partial charge in [-0.1, -0.05) is 20.8 Å². The third-order valence-corrected chi connectivity index (χ3v) is 3.99. The van der Waals surface area contributed by atoms with E-state index in [1.165, 1.54) is 17.7 Å². The van der Waals surface area contributed by atoms with E-state index in [1.54, 1.807) is 23.1 Å². The molecule has 0 aliphatic heterocycles. The van der Waals surface area contributed by atoms with Gasteiger partial charge in [0.05, 0.1) is 11.8 Å². The van der Waals surface area contributed by atoms with Gasteiger partial charge in [-0.15, -0.1) is 0 Å². The van der Waals surface area contributed by atoms with E-state index < -0.39 is 0 Å². The van der Waals surface area contributed by atoms with Crippen molar-refractivity contribution in [2.45, 2.75) is 26.2 Å². The molecule has 0 bridgehead atoms. The predicted octanol–water partition coefficient (Wildman–Crippen LogP) is 2.88. The van der Waals surface area contributed by atoms with Crippen molar-refractivity contribution in [2.75, 3.05) is 5.32 Å². The maximum atomic E-state index is 12.4. The summed E-state index contributed by atoms with van der Waals surface area (Å²) in [5.74, 6) is 0.454. The number of aromatic nitrogens is 5. The lowest BCUT2D eigenvalue weighted by Gasteiger charge is -2.12. The normalized spacial score (nSPS) is 11.5. The molecule has 0 fully saturated rings. The Balaban J connectivity index is 1.79. The Morgan fingerprint density at radius 2 is 2.00 bits per heavy atom. The van der Waals surface area contributed by atoms with Crippen molar-refractivity contribution in [3.05, 3.63) is 42.2 Å². The molecule has 3 aromatic rings. The minimum Gasteiger partial charge on any atom is -0.297 e. The molecule has 0 atom stereocenters. The zero-order valence-electron chi connectivity index (χ0n) is 13.9. The van der Waals surface area contributed by atoms with Crippen LogP contribution in [0.25, 0.3) is 11.1 Å². The molecule has 0 unspecified atom stereocenters. The fourth-order valence-corrected chi connectivity index (χ4v) is 2.79. The number of aryl methyl sites for hydroxylation is 1. The van der Waals surface area contributed by atoms with Crippen LogP contribution in [0.15, 0.2) is 30.9 Å². The summed E-state index contributed by atoms with van der Waals surface area (Å²) in [7, 11) is 1.84. The van der Waals surface area contributed by atoms with Gasteiger partial charge in [0, 0.05) is 53.7 Å². The number of nitrogens with one attached hydrogen (secondary N) is 1. The van der Waals surface area contributed by atoms with Crippen LogP contribution in [0.4, 0.5) is 5.13 Å². The maximum absolute atomic E-state index is 12.4. The second kappa shape index (κ2) is 6.12. The van der Waals surface area contributed by atoms with E-state index >= 15 is 0 Å². The summed E-state index contributed by atoms with van der Waals surface area (Å²) < 4.78 is 6.00. The molecule has 1 amide bonds. The number of amides is 1. The zero-order chi connectivity index (χ0) is 17.3. The third-order valence-electron chi connectivity index (χ3n) is 3.36. The van der Waals surface area contributed by atoms with Crippen molar-refractivity contribution in [1.82, 2.24) is 24.1 Å². The van der Waals surface area contributed by atoms with Crippen LogP contribution in [0.3, 0.4) is 0 Å². The van der Waals surface area contributed by atoms with E-state index in [0.29, 0.717) is 16.5 Å². The molecular formula is C16H18N6OS. The number of pyridine rings is 1. The van der Waals surface area contributed by atoms with Gasteiger partial charge >= 0.3 is 0 Å². The van der Waals surface area contributed by atoms with Crippen LogP contribution in [-0.2, 0) is 12.5 Å². The van der Waals surface area contributed by atoms with Gasteiger partial charge in [-0.05, 0) is 6.07 Å². The van der Waals surface area contributed by atoms with Gasteiger partial charge in [0.15, 0.2) is 0 Å². The molecular weight excluding hydrogens is 324 g/mol. The summed E-state index contributed by atoms with van der Waals surface area (Å²) in [5.41, 5.74) is 2.05. The second-order valence-electron chi connectivity index (χ2n) is 6.49. The monoisotopic (exact) mass is 342 g/mol. The third kappa shape index (κ3) is 3.48. The maximum Gasteiger partial charge on any atom is 0.259 e. The molecule has 3 aromatic heterocycles. The molecule has 7 nitrogen and oxygen atoms in total. The molecule has 3 heterocycles. The lowest BCUT2D eigenvalue weighted by Crippen LogP contribution is -2.15. The molecule has 0 saturated heterocycles. The molecule has 0 radical (unpaired) electrons. The highest BCUT2D eigenvalue weighted by molar-refractivity contribution is 7.09. The first-order valence-corrected chi connectivity index (χ1v) is 8.20. The molecule has 3 rings (SSSR count). The van der Waals surface area contributed by atoms with E-state index in [0.717, 1.165) is 11.1 Å². The number of hydrogen-bond donors (Lipinski definition) is 1. The van der Waals surface area contributed by atoms with Crippen molar-refractivity contribution in [3.8, 4) is 11.1 Å². The smallest absolute Gasteiger partial charge is 0.259 e. The number of hydrogen-bond acceptors (Lipinski definition) is 6. The predicted molar refractivity (Wildman–Crippen MR) is 93.0 cm³/mol. The molecule has 1 N–H and O–H groups in total. The largest absolute Gasteiger partial charge is 0.297 e. The lowest BCUT2D eigenvalue weighted by atomic mass is 9.96. The van der Waals surface area contributed by atoms with Crippen LogP contribution in [-0.4, -0.2) is 30.0 Å². The van der Waals surface area contributed by atoms with Crippen molar-refractivity contribution < 1.29 is 4.79 Å². The second-order valence-corrected chi connectivity index (χ2v) is 7.24. The number of nitrogens with zero attached hydrogens (tertiary/aromatic N) is 5. The Hall–Kier alpha value is -2.61. The van der Waals surface area contributed by atoms with Crippen LogP contribution >= 0.6 is 11.5 Å². The zero-order valence-corrected chi connectivity index (χ0v) is 14.8. The van der Waals surface area contributed by atoms with Crippen molar-refractivity contribution in [3.63, 3.8) is 0 Å². The number of carbonyl (C=O) groups excluding carboxylic acids is 1. The van der Waals surface area contributed by atoms with E-state index in [9.17, 15) is 4.79 Å². The molecule has 0 aliphatic rings. The first kappa shape index (κ1) is 16.3. The minimum atomic E-state index is -0.259. The summed E-state index contributed by atoms with van der Waals surface area (Å²) in [6.07, 6.45) is 6.84. The quantitative estimate of drug-likeness (QED) is 0.791. The van der Waals surface area contributed by atoms with Crippen LogP contribution in [0.1, 0.15) is 37.0 Å². The van der Waals surface area contributed by atoms with E-state index in [-0.39, 0.29) is 11.3 Å². The number of carbonyl (C=O) groups is 1. The Labute approximate surface area is 143 Å². The Kier molecular flexibility index (Phi) is 4.15. The fraction of sp³-hybridized carbons (Fsp3) is 0.312. The van der Waals surface area contributed by atoms with Gasteiger partial charge in [0.1, 0.15) is 5.82 Å². The molecule has 124 valence electrons. The highest BCUT2D eigenvalue weighted by atomic mass is 32.1. The van der Waals surface area contributed by atoms with Gasteiger partial charge in [-0.25, -0.2) is 4.98 Å². The van der Waals surface area contributed by atoms with Crippen molar-refractivity contribution in [2.24, 2.45) is 7.05 Å². The van der Waals surface area contributed by atoms with Gasteiger partial charge in [0.2, 0.25) is 5.13 Å². The summed E-state index contributed by atoms with van der Waals surface area (Å²) in [4.78, 5) is 20.9.